The molecule has 0 aromatic carbocycles. The van der Waals surface area contributed by atoms with Crippen LogP contribution in [0.25, 0.3) is 4.96 Å². The number of nitrogens with zero attached hydrogens (tertiary/aromatic N) is 3. The Bertz CT molecular complexity index is 556. The van der Waals surface area contributed by atoms with Crippen LogP contribution in [0.3, 0.4) is 0 Å². The fraction of sp³-hybridized carbons (Fsp3) is 0.571. The second kappa shape index (κ2) is 7.98. The molecule has 0 bridgehead atoms. The van der Waals surface area contributed by atoms with E-state index in [0.29, 0.717) is 12.6 Å². The first-order chi connectivity index (χ1) is 9.85. The van der Waals surface area contributed by atoms with Crippen LogP contribution in [0, 0.1) is 0 Å². The number of hydrogen-bond donors (Lipinski definition) is 2. The third-order valence-corrected chi connectivity index (χ3v) is 4.52. The molecule has 0 amide bonds. The number of fused-ring (bicyclic) bond motifs is 1. The Labute approximate surface area is 146 Å². The first-order valence-electron chi connectivity index (χ1n) is 7.23. The lowest BCUT2D eigenvalue weighted by Gasteiger charge is -2.24. The van der Waals surface area contributed by atoms with Gasteiger partial charge in [-0.1, -0.05) is 19.3 Å². The van der Waals surface area contributed by atoms with Gasteiger partial charge >= 0.3 is 0 Å². The highest BCUT2D eigenvalue weighted by Gasteiger charge is 2.14. The molecular formula is C14H22IN5S. The average Bonchev–Trinajstić information content (AvgIpc) is 3.05. The first kappa shape index (κ1) is 16.5. The summed E-state index contributed by atoms with van der Waals surface area (Å²) in [6.07, 6.45) is 10.6. The predicted octanol–water partition coefficient (Wildman–Crippen LogP) is 3.01. The van der Waals surface area contributed by atoms with E-state index in [9.17, 15) is 0 Å². The van der Waals surface area contributed by atoms with E-state index in [-0.39, 0.29) is 24.0 Å². The van der Waals surface area contributed by atoms with Gasteiger partial charge in [0.2, 0.25) is 0 Å². The Hall–Kier alpha value is -0.830. The fourth-order valence-corrected chi connectivity index (χ4v) is 3.39. The maximum Gasteiger partial charge on any atom is 0.193 e. The van der Waals surface area contributed by atoms with Gasteiger partial charge in [0, 0.05) is 30.9 Å². The van der Waals surface area contributed by atoms with Crippen molar-refractivity contribution in [2.75, 3.05) is 7.05 Å². The molecule has 1 saturated carbocycles. The molecule has 2 N–H and O–H groups in total. The number of halogens is 1. The summed E-state index contributed by atoms with van der Waals surface area (Å²) in [5.41, 5.74) is 1.04. The molecule has 3 rings (SSSR count). The first-order valence-corrected chi connectivity index (χ1v) is 8.11. The number of aliphatic imine (C=N–C) groups is 1. The predicted molar refractivity (Wildman–Crippen MR) is 98.7 cm³/mol. The summed E-state index contributed by atoms with van der Waals surface area (Å²) < 4.78 is 2.05. The minimum absolute atomic E-state index is 0. The van der Waals surface area contributed by atoms with Crippen molar-refractivity contribution in [3.8, 4) is 0 Å². The minimum atomic E-state index is 0. The van der Waals surface area contributed by atoms with Crippen molar-refractivity contribution in [3.63, 3.8) is 0 Å². The molecule has 1 fully saturated rings. The maximum absolute atomic E-state index is 4.56. The van der Waals surface area contributed by atoms with E-state index in [0.717, 1.165) is 16.6 Å². The minimum Gasteiger partial charge on any atom is -0.354 e. The number of thiazole rings is 1. The zero-order valence-electron chi connectivity index (χ0n) is 12.2. The molecule has 2 heterocycles. The van der Waals surface area contributed by atoms with Crippen LogP contribution >= 0.6 is 35.3 Å². The molecule has 5 nitrogen and oxygen atoms in total. The Kier molecular flexibility index (Phi) is 6.28. The molecule has 0 unspecified atom stereocenters. The average molecular weight is 419 g/mol. The Balaban J connectivity index is 0.00000161. The van der Waals surface area contributed by atoms with Crippen LogP contribution in [0.5, 0.6) is 0 Å². The van der Waals surface area contributed by atoms with Crippen molar-refractivity contribution in [2.24, 2.45) is 4.99 Å². The highest BCUT2D eigenvalue weighted by atomic mass is 127. The highest BCUT2D eigenvalue weighted by Crippen LogP contribution is 2.17. The quantitative estimate of drug-likeness (QED) is 0.457. The van der Waals surface area contributed by atoms with Crippen LogP contribution in [0.4, 0.5) is 0 Å². The normalized spacial score (nSPS) is 16.7. The van der Waals surface area contributed by atoms with E-state index in [1.54, 1.807) is 11.3 Å². The van der Waals surface area contributed by atoms with Gasteiger partial charge in [-0.05, 0) is 12.8 Å². The molecule has 0 saturated heterocycles. The van der Waals surface area contributed by atoms with Crippen LogP contribution in [0.2, 0.25) is 0 Å². The van der Waals surface area contributed by atoms with Crippen molar-refractivity contribution in [2.45, 2.75) is 44.7 Å². The summed E-state index contributed by atoms with van der Waals surface area (Å²) in [6.45, 7) is 0.709. The van der Waals surface area contributed by atoms with E-state index in [4.69, 9.17) is 0 Å². The molecule has 0 spiro atoms. The number of imidazole rings is 1. The molecule has 0 aliphatic heterocycles. The number of rotatable bonds is 3. The van der Waals surface area contributed by atoms with Crippen LogP contribution in [-0.4, -0.2) is 28.4 Å². The summed E-state index contributed by atoms with van der Waals surface area (Å²) in [4.78, 5) is 9.90. The SMILES string of the molecule is CN=C(NCc1cn2ccsc2n1)NC1CCCCC1.I. The second-order valence-corrected chi connectivity index (χ2v) is 6.10. The number of aromatic nitrogens is 2. The molecule has 0 atom stereocenters. The standard InChI is InChI=1S/C14H21N5S.HI/c1-15-13(17-11-5-3-2-4-6-11)16-9-12-10-19-7-8-20-14(19)18-12;/h7-8,10-11H,2-6,9H2,1H3,(H2,15,16,17);1H. The van der Waals surface area contributed by atoms with Gasteiger partial charge in [0.25, 0.3) is 0 Å². The Morgan fingerprint density at radius 2 is 2.24 bits per heavy atom. The molecular weight excluding hydrogens is 397 g/mol. The molecule has 1 aliphatic rings. The van der Waals surface area contributed by atoms with Crippen LogP contribution in [0.1, 0.15) is 37.8 Å². The topological polar surface area (TPSA) is 53.7 Å². The lowest BCUT2D eigenvalue weighted by molar-refractivity contribution is 0.410. The van der Waals surface area contributed by atoms with Gasteiger partial charge < -0.3 is 10.6 Å². The van der Waals surface area contributed by atoms with Gasteiger partial charge in [0.05, 0.1) is 12.2 Å². The number of nitrogens with one attached hydrogen (secondary N) is 2. The van der Waals surface area contributed by atoms with Gasteiger partial charge in [-0.3, -0.25) is 9.39 Å². The highest BCUT2D eigenvalue weighted by molar-refractivity contribution is 14.0. The van der Waals surface area contributed by atoms with Gasteiger partial charge in [-0.15, -0.1) is 35.3 Å². The largest absolute Gasteiger partial charge is 0.354 e. The zero-order valence-corrected chi connectivity index (χ0v) is 15.4. The lowest BCUT2D eigenvalue weighted by Crippen LogP contribution is -2.43. The van der Waals surface area contributed by atoms with Crippen molar-refractivity contribution >= 4 is 46.2 Å². The van der Waals surface area contributed by atoms with Crippen molar-refractivity contribution < 1.29 is 0 Å². The van der Waals surface area contributed by atoms with Gasteiger partial charge in [0.1, 0.15) is 0 Å². The summed E-state index contributed by atoms with van der Waals surface area (Å²) in [5, 5.41) is 8.91. The molecule has 116 valence electrons. The monoisotopic (exact) mass is 419 g/mol. The van der Waals surface area contributed by atoms with E-state index >= 15 is 0 Å². The number of hydrogen-bond acceptors (Lipinski definition) is 3. The summed E-state index contributed by atoms with van der Waals surface area (Å²) in [7, 11) is 1.82. The molecule has 7 heteroatoms. The second-order valence-electron chi connectivity index (χ2n) is 5.23. The van der Waals surface area contributed by atoms with Crippen LogP contribution in [-0.2, 0) is 6.54 Å². The Morgan fingerprint density at radius 3 is 2.95 bits per heavy atom. The zero-order chi connectivity index (χ0) is 13.8. The van der Waals surface area contributed by atoms with Crippen molar-refractivity contribution in [1.29, 1.82) is 0 Å². The van der Waals surface area contributed by atoms with E-state index in [1.165, 1.54) is 32.1 Å². The summed E-state index contributed by atoms with van der Waals surface area (Å²) in [5.74, 6) is 0.883. The van der Waals surface area contributed by atoms with Gasteiger partial charge in [-0.25, -0.2) is 4.98 Å². The molecule has 1 aliphatic carbocycles. The number of guanidine groups is 1. The maximum atomic E-state index is 4.56. The Morgan fingerprint density at radius 1 is 1.43 bits per heavy atom. The summed E-state index contributed by atoms with van der Waals surface area (Å²) in [6, 6.07) is 0.570. The van der Waals surface area contributed by atoms with E-state index < -0.39 is 0 Å². The molecule has 2 aromatic heterocycles. The van der Waals surface area contributed by atoms with E-state index in [2.05, 4.69) is 31.2 Å². The van der Waals surface area contributed by atoms with Gasteiger partial charge in [0.15, 0.2) is 10.9 Å². The van der Waals surface area contributed by atoms with E-state index in [1.807, 2.05) is 18.6 Å². The smallest absolute Gasteiger partial charge is 0.193 e. The van der Waals surface area contributed by atoms with Crippen molar-refractivity contribution in [3.05, 3.63) is 23.5 Å². The van der Waals surface area contributed by atoms with Gasteiger partial charge in [-0.2, -0.15) is 0 Å². The van der Waals surface area contributed by atoms with Crippen LogP contribution < -0.4 is 10.6 Å². The molecule has 21 heavy (non-hydrogen) atoms. The lowest BCUT2D eigenvalue weighted by atomic mass is 9.96. The van der Waals surface area contributed by atoms with Crippen molar-refractivity contribution in [1.82, 2.24) is 20.0 Å². The molecule has 2 aromatic rings. The van der Waals surface area contributed by atoms with Crippen LogP contribution in [0.15, 0.2) is 22.8 Å². The third-order valence-electron chi connectivity index (χ3n) is 3.75. The summed E-state index contributed by atoms with van der Waals surface area (Å²) >= 11 is 1.65. The third kappa shape index (κ3) is 4.32. The fourth-order valence-electron chi connectivity index (χ4n) is 2.67. The molecule has 0 radical (unpaired) electrons.